The largest absolute Gasteiger partial charge is 0.344 e. The second-order valence-electron chi connectivity index (χ2n) is 4.79. The molecule has 0 bridgehead atoms. The van der Waals surface area contributed by atoms with Gasteiger partial charge in [-0.15, -0.1) is 0 Å². The molecule has 2 heterocycles. The summed E-state index contributed by atoms with van der Waals surface area (Å²) in [7, 11) is 0. The summed E-state index contributed by atoms with van der Waals surface area (Å²) in [6.07, 6.45) is 3.43. The fraction of sp³-hybridized carbons (Fsp3) is 0.429. The highest BCUT2D eigenvalue weighted by Gasteiger charge is 2.23. The maximum atomic E-state index is 6.30. The Hall–Kier alpha value is -0.800. The molecule has 0 spiro atoms. The molecule has 1 aromatic carbocycles. The summed E-state index contributed by atoms with van der Waals surface area (Å²) in [4.78, 5) is 0. The average molecular weight is 293 g/mol. The summed E-state index contributed by atoms with van der Waals surface area (Å²) in [5, 5.41) is 1.34. The van der Waals surface area contributed by atoms with Crippen molar-refractivity contribution < 1.29 is 0 Å². The third kappa shape index (κ3) is 1.64. The molecule has 0 aliphatic carbocycles. The first-order valence-electron chi connectivity index (χ1n) is 6.28. The second kappa shape index (κ2) is 4.14. The minimum atomic E-state index is 0.168. The Labute approximate surface area is 110 Å². The first-order valence-corrected chi connectivity index (χ1v) is 7.07. The third-order valence-corrected chi connectivity index (χ3v) is 4.28. The highest BCUT2D eigenvalue weighted by atomic mass is 79.9. The van der Waals surface area contributed by atoms with Crippen LogP contribution in [0, 0.1) is 0 Å². The van der Waals surface area contributed by atoms with Crippen LogP contribution in [0.25, 0.3) is 10.9 Å². The van der Waals surface area contributed by atoms with E-state index in [2.05, 4.69) is 45.6 Å². The van der Waals surface area contributed by atoms with Crippen LogP contribution in [-0.2, 0) is 13.0 Å². The highest BCUT2D eigenvalue weighted by Crippen LogP contribution is 2.36. The Morgan fingerprint density at radius 2 is 2.29 bits per heavy atom. The summed E-state index contributed by atoms with van der Waals surface area (Å²) in [5.74, 6) is 0. The van der Waals surface area contributed by atoms with Crippen molar-refractivity contribution in [2.24, 2.45) is 5.73 Å². The van der Waals surface area contributed by atoms with Crippen LogP contribution < -0.4 is 5.73 Å². The lowest BCUT2D eigenvalue weighted by molar-refractivity contribution is 0.693. The van der Waals surface area contributed by atoms with E-state index < -0.39 is 0 Å². The summed E-state index contributed by atoms with van der Waals surface area (Å²) < 4.78 is 3.59. The van der Waals surface area contributed by atoms with Gasteiger partial charge in [-0.1, -0.05) is 22.9 Å². The SMILES string of the molecule is CCC(N)c1c2n(c3ccc(Br)cc13)CCC2. The number of hydrogen-bond acceptors (Lipinski definition) is 1. The molecule has 1 aromatic heterocycles. The normalized spacial score (nSPS) is 16.4. The Morgan fingerprint density at radius 3 is 3.06 bits per heavy atom. The number of nitrogens with two attached hydrogens (primary N) is 1. The van der Waals surface area contributed by atoms with Crippen molar-refractivity contribution in [3.05, 3.63) is 33.9 Å². The molecule has 3 rings (SSSR count). The zero-order chi connectivity index (χ0) is 12.0. The van der Waals surface area contributed by atoms with E-state index in [0.717, 1.165) is 17.4 Å². The van der Waals surface area contributed by atoms with Gasteiger partial charge >= 0.3 is 0 Å². The van der Waals surface area contributed by atoms with E-state index in [0.29, 0.717) is 0 Å². The fourth-order valence-electron chi connectivity index (χ4n) is 2.95. The van der Waals surface area contributed by atoms with E-state index in [-0.39, 0.29) is 6.04 Å². The summed E-state index contributed by atoms with van der Waals surface area (Å²) in [5.41, 5.74) is 10.5. The monoisotopic (exact) mass is 292 g/mol. The van der Waals surface area contributed by atoms with Gasteiger partial charge in [0.25, 0.3) is 0 Å². The van der Waals surface area contributed by atoms with E-state index in [1.165, 1.54) is 35.0 Å². The van der Waals surface area contributed by atoms with Gasteiger partial charge in [-0.2, -0.15) is 0 Å². The minimum Gasteiger partial charge on any atom is -0.344 e. The van der Waals surface area contributed by atoms with Gasteiger partial charge in [0.2, 0.25) is 0 Å². The standard InChI is InChI=1S/C14H17BrN2/c1-2-11(16)14-10-8-9(15)5-6-12(10)17-7-3-4-13(14)17/h5-6,8,11H,2-4,7,16H2,1H3. The maximum Gasteiger partial charge on any atom is 0.0486 e. The smallest absolute Gasteiger partial charge is 0.0486 e. The summed E-state index contributed by atoms with van der Waals surface area (Å²) in [6.45, 7) is 3.30. The van der Waals surface area contributed by atoms with Crippen molar-refractivity contribution in [3.63, 3.8) is 0 Å². The van der Waals surface area contributed by atoms with Gasteiger partial charge in [0.1, 0.15) is 0 Å². The van der Waals surface area contributed by atoms with Crippen LogP contribution in [0.4, 0.5) is 0 Å². The van der Waals surface area contributed by atoms with Crippen LogP contribution in [-0.4, -0.2) is 4.57 Å². The van der Waals surface area contributed by atoms with Crippen LogP contribution in [0.1, 0.15) is 37.1 Å². The van der Waals surface area contributed by atoms with Crippen molar-refractivity contribution in [1.29, 1.82) is 0 Å². The molecule has 17 heavy (non-hydrogen) atoms. The molecule has 2 nitrogen and oxygen atoms in total. The number of rotatable bonds is 2. The lowest BCUT2D eigenvalue weighted by Gasteiger charge is -2.10. The third-order valence-electron chi connectivity index (χ3n) is 3.78. The lowest BCUT2D eigenvalue weighted by atomic mass is 10.00. The second-order valence-corrected chi connectivity index (χ2v) is 5.71. The number of fused-ring (bicyclic) bond motifs is 3. The molecule has 1 aliphatic heterocycles. The molecule has 0 radical (unpaired) electrons. The molecule has 0 fully saturated rings. The number of benzene rings is 1. The van der Waals surface area contributed by atoms with Gasteiger partial charge < -0.3 is 10.3 Å². The van der Waals surface area contributed by atoms with Gasteiger partial charge in [-0.25, -0.2) is 0 Å². The van der Waals surface area contributed by atoms with E-state index in [1.54, 1.807) is 0 Å². The first-order chi connectivity index (χ1) is 8.22. The number of nitrogens with zero attached hydrogens (tertiary/aromatic N) is 1. The number of hydrogen-bond donors (Lipinski definition) is 1. The van der Waals surface area contributed by atoms with Crippen molar-refractivity contribution in [2.75, 3.05) is 0 Å². The molecule has 1 unspecified atom stereocenters. The van der Waals surface area contributed by atoms with Crippen LogP contribution in [0.3, 0.4) is 0 Å². The molecule has 2 aromatic rings. The van der Waals surface area contributed by atoms with Crippen molar-refractivity contribution >= 4 is 26.8 Å². The van der Waals surface area contributed by atoms with Gasteiger partial charge in [-0.3, -0.25) is 0 Å². The molecule has 2 N–H and O–H groups in total. The Kier molecular flexibility index (Phi) is 2.75. The molecular formula is C14H17BrN2. The Morgan fingerprint density at radius 1 is 1.47 bits per heavy atom. The van der Waals surface area contributed by atoms with Gasteiger partial charge in [0, 0.05) is 33.7 Å². The van der Waals surface area contributed by atoms with Crippen LogP contribution in [0.2, 0.25) is 0 Å². The molecule has 1 atom stereocenters. The van der Waals surface area contributed by atoms with Crippen LogP contribution >= 0.6 is 15.9 Å². The fourth-order valence-corrected chi connectivity index (χ4v) is 3.31. The number of aryl methyl sites for hydroxylation is 1. The first kappa shape index (κ1) is 11.3. The number of halogens is 1. The van der Waals surface area contributed by atoms with E-state index in [1.807, 2.05) is 0 Å². The van der Waals surface area contributed by atoms with Crippen LogP contribution in [0.5, 0.6) is 0 Å². The maximum absolute atomic E-state index is 6.30. The van der Waals surface area contributed by atoms with Crippen molar-refractivity contribution in [2.45, 2.75) is 38.8 Å². The molecular weight excluding hydrogens is 276 g/mol. The topological polar surface area (TPSA) is 30.9 Å². The van der Waals surface area contributed by atoms with Crippen molar-refractivity contribution in [3.8, 4) is 0 Å². The Balaban J connectivity index is 2.34. The number of aromatic nitrogens is 1. The molecule has 1 aliphatic rings. The molecule has 3 heteroatoms. The van der Waals surface area contributed by atoms with Crippen LogP contribution in [0.15, 0.2) is 22.7 Å². The lowest BCUT2D eigenvalue weighted by Crippen LogP contribution is -2.10. The predicted molar refractivity (Wildman–Crippen MR) is 75.2 cm³/mol. The van der Waals surface area contributed by atoms with E-state index >= 15 is 0 Å². The van der Waals surface area contributed by atoms with E-state index in [9.17, 15) is 0 Å². The summed E-state index contributed by atoms with van der Waals surface area (Å²) in [6, 6.07) is 6.71. The van der Waals surface area contributed by atoms with Gasteiger partial charge in [0.15, 0.2) is 0 Å². The molecule has 0 saturated heterocycles. The molecule has 0 saturated carbocycles. The van der Waals surface area contributed by atoms with E-state index in [4.69, 9.17) is 5.73 Å². The zero-order valence-corrected chi connectivity index (χ0v) is 11.6. The molecule has 90 valence electrons. The highest BCUT2D eigenvalue weighted by molar-refractivity contribution is 9.10. The summed E-state index contributed by atoms with van der Waals surface area (Å²) >= 11 is 3.56. The minimum absolute atomic E-state index is 0.168. The zero-order valence-electron chi connectivity index (χ0n) is 10.0. The Bertz CT molecular complexity index is 571. The average Bonchev–Trinajstić information content (AvgIpc) is 2.87. The quantitative estimate of drug-likeness (QED) is 0.898. The predicted octanol–water partition coefficient (Wildman–Crippen LogP) is 3.76. The molecule has 0 amide bonds. The van der Waals surface area contributed by atoms with Crippen molar-refractivity contribution in [1.82, 2.24) is 4.57 Å². The van der Waals surface area contributed by atoms with Gasteiger partial charge in [-0.05, 0) is 43.0 Å². The van der Waals surface area contributed by atoms with Gasteiger partial charge in [0.05, 0.1) is 0 Å².